The largest absolute Gasteiger partial charge is 0.384 e. The zero-order valence-corrected chi connectivity index (χ0v) is 16.5. The van der Waals surface area contributed by atoms with Gasteiger partial charge in [-0.3, -0.25) is 0 Å². The van der Waals surface area contributed by atoms with E-state index in [0.29, 0.717) is 17.4 Å². The van der Waals surface area contributed by atoms with E-state index in [0.717, 1.165) is 5.56 Å². The fourth-order valence-electron chi connectivity index (χ4n) is 2.51. The summed E-state index contributed by atoms with van der Waals surface area (Å²) < 4.78 is 24.7. The molecule has 0 spiro atoms. The Morgan fingerprint density at radius 2 is 1.63 bits per heavy atom. The molecule has 1 unspecified atom stereocenters. The predicted octanol–water partition coefficient (Wildman–Crippen LogP) is 1.92. The minimum atomic E-state index is -3.35. The Morgan fingerprint density at radius 1 is 1.04 bits per heavy atom. The van der Waals surface area contributed by atoms with Crippen LogP contribution in [-0.4, -0.2) is 44.9 Å². The van der Waals surface area contributed by atoms with Crippen LogP contribution in [0.2, 0.25) is 0 Å². The highest BCUT2D eigenvalue weighted by molar-refractivity contribution is 7.91. The van der Waals surface area contributed by atoms with E-state index in [-0.39, 0.29) is 18.8 Å². The summed E-state index contributed by atoms with van der Waals surface area (Å²) >= 11 is 0. The number of nitrogens with one attached hydrogen (secondary N) is 2. The minimum absolute atomic E-state index is 0.0451. The van der Waals surface area contributed by atoms with Gasteiger partial charge in [-0.2, -0.15) is 0 Å². The first-order chi connectivity index (χ1) is 12.8. The molecular weight excluding hydrogens is 362 g/mol. The van der Waals surface area contributed by atoms with Crippen LogP contribution in [-0.2, 0) is 15.4 Å². The van der Waals surface area contributed by atoms with Crippen molar-refractivity contribution in [1.82, 2.24) is 10.6 Å². The van der Waals surface area contributed by atoms with Crippen LogP contribution in [0.25, 0.3) is 0 Å². The molecule has 0 aliphatic rings. The Balaban J connectivity index is 1.98. The van der Waals surface area contributed by atoms with Crippen molar-refractivity contribution in [2.24, 2.45) is 4.99 Å². The number of rotatable bonds is 8. The number of sulfone groups is 1. The lowest BCUT2D eigenvalue weighted by atomic mass is 9.96. The first-order valence-corrected chi connectivity index (χ1v) is 10.6. The second-order valence-electron chi connectivity index (χ2n) is 6.39. The number of hydrogen-bond donors (Lipinski definition) is 3. The van der Waals surface area contributed by atoms with Crippen molar-refractivity contribution in [2.75, 3.05) is 25.4 Å². The molecule has 2 rings (SSSR count). The van der Waals surface area contributed by atoms with Crippen LogP contribution in [0.4, 0.5) is 0 Å². The zero-order chi connectivity index (χ0) is 19.8. The van der Waals surface area contributed by atoms with Crippen LogP contribution in [0, 0.1) is 0 Å². The molecule has 0 saturated heterocycles. The van der Waals surface area contributed by atoms with E-state index in [1.165, 1.54) is 0 Å². The van der Waals surface area contributed by atoms with Crippen molar-refractivity contribution in [3.63, 3.8) is 0 Å². The van der Waals surface area contributed by atoms with Gasteiger partial charge in [0, 0.05) is 13.1 Å². The Labute approximate surface area is 161 Å². The zero-order valence-electron chi connectivity index (χ0n) is 15.7. The molecule has 0 saturated carbocycles. The second-order valence-corrected chi connectivity index (χ2v) is 8.50. The average molecular weight is 390 g/mol. The third kappa shape index (κ3) is 6.37. The molecule has 0 amide bonds. The summed E-state index contributed by atoms with van der Waals surface area (Å²) in [7, 11) is -3.35. The molecule has 2 aromatic rings. The van der Waals surface area contributed by atoms with E-state index in [1.54, 1.807) is 37.3 Å². The standard InChI is InChI=1S/C20H27N3O3S/c1-3-21-19(23-16-20(2,24)17-10-6-4-7-11-17)22-14-15-27(25,26)18-12-8-5-9-13-18/h4-13,24H,3,14-16H2,1-2H3,(H2,21,22,23). The molecule has 3 N–H and O–H groups in total. The average Bonchev–Trinajstić information content (AvgIpc) is 2.67. The highest BCUT2D eigenvalue weighted by atomic mass is 32.2. The molecule has 0 radical (unpaired) electrons. The van der Waals surface area contributed by atoms with Crippen molar-refractivity contribution in [3.05, 3.63) is 66.2 Å². The summed E-state index contributed by atoms with van der Waals surface area (Å²) in [5, 5.41) is 16.7. The predicted molar refractivity (Wildman–Crippen MR) is 108 cm³/mol. The van der Waals surface area contributed by atoms with Gasteiger partial charge in [0.15, 0.2) is 15.8 Å². The highest BCUT2D eigenvalue weighted by Crippen LogP contribution is 2.20. The van der Waals surface area contributed by atoms with Gasteiger partial charge < -0.3 is 15.7 Å². The molecule has 1 atom stereocenters. The molecular formula is C20H27N3O3S. The fraction of sp³-hybridized carbons (Fsp3) is 0.350. The normalized spacial score (nSPS) is 14.4. The second kappa shape index (κ2) is 9.53. The number of nitrogens with zero attached hydrogens (tertiary/aromatic N) is 1. The van der Waals surface area contributed by atoms with Crippen LogP contribution in [0.15, 0.2) is 70.6 Å². The third-order valence-corrected chi connectivity index (χ3v) is 5.78. The van der Waals surface area contributed by atoms with Crippen molar-refractivity contribution < 1.29 is 13.5 Å². The summed E-state index contributed by atoms with van der Waals surface area (Å²) in [6.45, 7) is 4.63. The van der Waals surface area contributed by atoms with Gasteiger partial charge in [-0.15, -0.1) is 0 Å². The number of hydrogen-bond acceptors (Lipinski definition) is 4. The van der Waals surface area contributed by atoms with Crippen molar-refractivity contribution in [1.29, 1.82) is 0 Å². The molecule has 0 aromatic heterocycles. The van der Waals surface area contributed by atoms with Gasteiger partial charge in [-0.1, -0.05) is 48.5 Å². The number of aliphatic imine (C=N–C) groups is 1. The van der Waals surface area contributed by atoms with E-state index < -0.39 is 15.4 Å². The summed E-state index contributed by atoms with van der Waals surface area (Å²) in [5.74, 6) is 0.424. The third-order valence-electron chi connectivity index (χ3n) is 4.05. The smallest absolute Gasteiger partial charge is 0.191 e. The van der Waals surface area contributed by atoms with Crippen LogP contribution < -0.4 is 10.6 Å². The van der Waals surface area contributed by atoms with Crippen molar-refractivity contribution >= 4 is 15.8 Å². The van der Waals surface area contributed by atoms with E-state index >= 15 is 0 Å². The van der Waals surface area contributed by atoms with E-state index in [1.807, 2.05) is 37.3 Å². The maximum absolute atomic E-state index is 12.3. The lowest BCUT2D eigenvalue weighted by Gasteiger charge is -2.22. The molecule has 2 aromatic carbocycles. The first kappa shape index (κ1) is 20.9. The molecule has 146 valence electrons. The fourth-order valence-corrected chi connectivity index (χ4v) is 3.69. The van der Waals surface area contributed by atoms with Crippen molar-refractivity contribution in [3.8, 4) is 0 Å². The Morgan fingerprint density at radius 3 is 2.22 bits per heavy atom. The summed E-state index contributed by atoms with van der Waals surface area (Å²) in [6.07, 6.45) is 0. The maximum atomic E-state index is 12.3. The van der Waals surface area contributed by atoms with Gasteiger partial charge in [0.2, 0.25) is 0 Å². The maximum Gasteiger partial charge on any atom is 0.191 e. The van der Waals surface area contributed by atoms with E-state index in [4.69, 9.17) is 0 Å². The molecule has 7 heteroatoms. The number of guanidine groups is 1. The molecule has 6 nitrogen and oxygen atoms in total. The molecule has 27 heavy (non-hydrogen) atoms. The topological polar surface area (TPSA) is 90.8 Å². The molecule has 0 fully saturated rings. The van der Waals surface area contributed by atoms with Crippen LogP contribution in [0.3, 0.4) is 0 Å². The van der Waals surface area contributed by atoms with E-state index in [9.17, 15) is 13.5 Å². The Hall–Kier alpha value is -2.38. The quantitative estimate of drug-likeness (QED) is 0.474. The van der Waals surface area contributed by atoms with Crippen molar-refractivity contribution in [2.45, 2.75) is 24.3 Å². The van der Waals surface area contributed by atoms with Gasteiger partial charge in [-0.05, 0) is 31.5 Å². The van der Waals surface area contributed by atoms with E-state index in [2.05, 4.69) is 15.6 Å². The first-order valence-electron chi connectivity index (χ1n) is 8.93. The highest BCUT2D eigenvalue weighted by Gasteiger charge is 2.22. The number of benzene rings is 2. The van der Waals surface area contributed by atoms with Gasteiger partial charge in [0.25, 0.3) is 0 Å². The summed E-state index contributed by atoms with van der Waals surface area (Å²) in [5.41, 5.74) is -0.337. The minimum Gasteiger partial charge on any atom is -0.384 e. The molecule has 0 heterocycles. The monoisotopic (exact) mass is 389 g/mol. The van der Waals surface area contributed by atoms with Crippen LogP contribution in [0.1, 0.15) is 19.4 Å². The lowest BCUT2D eigenvalue weighted by molar-refractivity contribution is 0.0672. The van der Waals surface area contributed by atoms with Crippen LogP contribution >= 0.6 is 0 Å². The molecule has 0 bridgehead atoms. The van der Waals surface area contributed by atoms with Gasteiger partial charge in [-0.25, -0.2) is 13.4 Å². The van der Waals surface area contributed by atoms with Gasteiger partial charge in [0.1, 0.15) is 5.60 Å². The lowest BCUT2D eigenvalue weighted by Crippen LogP contribution is -2.40. The Kier molecular flexibility index (Phi) is 7.38. The summed E-state index contributed by atoms with van der Waals surface area (Å²) in [4.78, 5) is 4.71. The SMILES string of the molecule is CCNC(=NCC(C)(O)c1ccccc1)NCCS(=O)(=O)c1ccccc1. The van der Waals surface area contributed by atoms with Gasteiger partial charge >= 0.3 is 0 Å². The van der Waals surface area contributed by atoms with Gasteiger partial charge in [0.05, 0.1) is 17.2 Å². The molecule has 0 aliphatic carbocycles. The summed E-state index contributed by atoms with van der Waals surface area (Å²) in [6, 6.07) is 17.7. The number of aliphatic hydroxyl groups is 1. The Bertz CT molecular complexity index is 835. The van der Waals surface area contributed by atoms with Crippen LogP contribution in [0.5, 0.6) is 0 Å². The molecule has 0 aliphatic heterocycles.